The van der Waals surface area contributed by atoms with E-state index in [1.165, 1.54) is 53.8 Å². The number of amides is 1. The standard InChI is InChI=1S/C19H21FN2O4S/c1-22(17-10-11-26-13-17)27(24,25)18-7-2-4-14(12-18)19(23)21-16-6-3-5-15(20)8-9-16/h2,4-9,12,17H,3,10-11,13H2,1H3,(H,21,23)/t17-/m1/s1. The number of nitrogens with one attached hydrogen (secondary N) is 1. The van der Waals surface area contributed by atoms with Crippen molar-refractivity contribution < 1.29 is 22.3 Å². The lowest BCUT2D eigenvalue weighted by Gasteiger charge is -2.22. The molecule has 0 bridgehead atoms. The van der Waals surface area contributed by atoms with Gasteiger partial charge in [-0.3, -0.25) is 4.79 Å². The number of sulfonamides is 1. The van der Waals surface area contributed by atoms with Crippen LogP contribution in [0.3, 0.4) is 0 Å². The molecule has 3 rings (SSSR count). The fourth-order valence-electron chi connectivity index (χ4n) is 2.87. The van der Waals surface area contributed by atoms with Gasteiger partial charge < -0.3 is 10.1 Å². The van der Waals surface area contributed by atoms with Gasteiger partial charge in [-0.05, 0) is 49.3 Å². The van der Waals surface area contributed by atoms with Gasteiger partial charge in [-0.2, -0.15) is 4.31 Å². The first-order valence-corrected chi connectivity index (χ1v) is 10.0. The third-order valence-corrected chi connectivity index (χ3v) is 6.43. The quantitative estimate of drug-likeness (QED) is 0.836. The molecule has 0 unspecified atom stereocenters. The Kier molecular flexibility index (Phi) is 5.88. The Morgan fingerprint density at radius 1 is 1.30 bits per heavy atom. The highest BCUT2D eigenvalue weighted by Gasteiger charge is 2.31. The molecule has 1 N–H and O–H groups in total. The first kappa shape index (κ1) is 19.5. The Labute approximate surface area is 158 Å². The van der Waals surface area contributed by atoms with Crippen LogP contribution in [0.15, 0.2) is 65.0 Å². The van der Waals surface area contributed by atoms with Crippen LogP contribution in [0, 0.1) is 0 Å². The Hall–Kier alpha value is -2.29. The Morgan fingerprint density at radius 2 is 2.11 bits per heavy atom. The lowest BCUT2D eigenvalue weighted by atomic mass is 10.2. The summed E-state index contributed by atoms with van der Waals surface area (Å²) in [6.07, 6.45) is 6.79. The fraction of sp³-hybridized carbons (Fsp3) is 0.316. The topological polar surface area (TPSA) is 75.7 Å². The van der Waals surface area contributed by atoms with Gasteiger partial charge in [0.2, 0.25) is 10.0 Å². The third kappa shape index (κ3) is 4.52. The summed E-state index contributed by atoms with van der Waals surface area (Å²) in [5.41, 5.74) is 0.663. The zero-order chi connectivity index (χ0) is 19.4. The van der Waals surface area contributed by atoms with Crippen LogP contribution in [-0.4, -0.2) is 44.9 Å². The first-order valence-electron chi connectivity index (χ1n) is 8.59. The first-order chi connectivity index (χ1) is 12.9. The van der Waals surface area contributed by atoms with Crippen molar-refractivity contribution in [2.24, 2.45) is 0 Å². The molecule has 0 aromatic heterocycles. The zero-order valence-corrected chi connectivity index (χ0v) is 15.7. The maximum atomic E-state index is 13.2. The second-order valence-corrected chi connectivity index (χ2v) is 8.34. The molecule has 27 heavy (non-hydrogen) atoms. The number of benzene rings is 1. The monoisotopic (exact) mass is 392 g/mol. The summed E-state index contributed by atoms with van der Waals surface area (Å²) in [6.45, 7) is 0.895. The molecule has 1 atom stereocenters. The molecular formula is C19H21FN2O4S. The maximum absolute atomic E-state index is 13.2. The van der Waals surface area contributed by atoms with Crippen LogP contribution in [0.5, 0.6) is 0 Å². The molecule has 1 aliphatic heterocycles. The van der Waals surface area contributed by atoms with E-state index in [9.17, 15) is 17.6 Å². The van der Waals surface area contributed by atoms with Gasteiger partial charge in [0.25, 0.3) is 5.91 Å². The molecule has 0 saturated carbocycles. The number of halogens is 1. The van der Waals surface area contributed by atoms with Crippen molar-refractivity contribution in [1.82, 2.24) is 9.62 Å². The van der Waals surface area contributed by atoms with Crippen molar-refractivity contribution in [1.29, 1.82) is 0 Å². The van der Waals surface area contributed by atoms with Crippen molar-refractivity contribution in [3.63, 3.8) is 0 Å². The molecular weight excluding hydrogens is 371 g/mol. The molecule has 144 valence electrons. The molecule has 1 saturated heterocycles. The van der Waals surface area contributed by atoms with Crippen LogP contribution in [-0.2, 0) is 14.8 Å². The molecule has 6 nitrogen and oxygen atoms in total. The van der Waals surface area contributed by atoms with Crippen molar-refractivity contribution in [2.45, 2.75) is 23.8 Å². The van der Waals surface area contributed by atoms with Gasteiger partial charge in [-0.1, -0.05) is 12.1 Å². The van der Waals surface area contributed by atoms with E-state index in [-0.39, 0.29) is 22.3 Å². The average molecular weight is 392 g/mol. The van der Waals surface area contributed by atoms with Gasteiger partial charge in [-0.15, -0.1) is 0 Å². The molecule has 0 radical (unpaired) electrons. The maximum Gasteiger partial charge on any atom is 0.255 e. The largest absolute Gasteiger partial charge is 0.380 e. The highest BCUT2D eigenvalue weighted by molar-refractivity contribution is 7.89. The number of hydrogen-bond donors (Lipinski definition) is 1. The number of nitrogens with zero attached hydrogens (tertiary/aromatic N) is 1. The number of hydrogen-bond acceptors (Lipinski definition) is 4. The number of allylic oxidation sites excluding steroid dienone is 5. The van der Waals surface area contributed by atoms with E-state index in [2.05, 4.69) is 5.32 Å². The Morgan fingerprint density at radius 3 is 2.85 bits per heavy atom. The summed E-state index contributed by atoms with van der Waals surface area (Å²) < 4.78 is 45.4. The SMILES string of the molecule is CN([C@@H]1CCOC1)S(=O)(=O)c1cccc(C(=O)NC2=CCC=C(F)C=C2)c1. The van der Waals surface area contributed by atoms with Crippen LogP contribution in [0.25, 0.3) is 0 Å². The Balaban J connectivity index is 1.77. The number of likely N-dealkylation sites (N-methyl/N-ethyl adjacent to an activating group) is 1. The molecule has 8 heteroatoms. The number of carbonyl (C=O) groups excluding carboxylic acids is 1. The molecule has 1 fully saturated rings. The van der Waals surface area contributed by atoms with Crippen LogP contribution in [0.4, 0.5) is 4.39 Å². The van der Waals surface area contributed by atoms with Crippen LogP contribution in [0.1, 0.15) is 23.2 Å². The van der Waals surface area contributed by atoms with Crippen molar-refractivity contribution in [3.8, 4) is 0 Å². The van der Waals surface area contributed by atoms with Gasteiger partial charge in [0.1, 0.15) is 5.83 Å². The predicted octanol–water partition coefficient (Wildman–Crippen LogP) is 2.52. The minimum atomic E-state index is -3.74. The molecule has 1 heterocycles. The summed E-state index contributed by atoms with van der Waals surface area (Å²) in [7, 11) is -2.22. The molecule has 1 aromatic rings. The number of ether oxygens (including phenoxy) is 1. The van der Waals surface area contributed by atoms with Gasteiger partial charge in [0.15, 0.2) is 0 Å². The third-order valence-electron chi connectivity index (χ3n) is 4.52. The van der Waals surface area contributed by atoms with E-state index in [1.54, 1.807) is 6.08 Å². The van der Waals surface area contributed by atoms with Crippen molar-refractivity contribution in [3.05, 3.63) is 65.7 Å². The van der Waals surface area contributed by atoms with E-state index in [4.69, 9.17) is 4.74 Å². The summed E-state index contributed by atoms with van der Waals surface area (Å²) in [4.78, 5) is 12.5. The molecule has 1 amide bonds. The second kappa shape index (κ2) is 8.16. The van der Waals surface area contributed by atoms with Crippen molar-refractivity contribution >= 4 is 15.9 Å². The van der Waals surface area contributed by atoms with Gasteiger partial charge in [0.05, 0.1) is 17.5 Å². The van der Waals surface area contributed by atoms with Gasteiger partial charge >= 0.3 is 0 Å². The van der Waals surface area contributed by atoms with Crippen molar-refractivity contribution in [2.75, 3.05) is 20.3 Å². The minimum Gasteiger partial charge on any atom is -0.380 e. The summed E-state index contributed by atoms with van der Waals surface area (Å²) in [6, 6.07) is 5.65. The molecule has 1 aromatic carbocycles. The molecule has 2 aliphatic rings. The second-order valence-electron chi connectivity index (χ2n) is 6.34. The number of rotatable bonds is 5. The highest BCUT2D eigenvalue weighted by Crippen LogP contribution is 2.22. The van der Waals surface area contributed by atoms with E-state index in [0.29, 0.717) is 31.8 Å². The van der Waals surface area contributed by atoms with E-state index >= 15 is 0 Å². The molecule has 0 spiro atoms. The summed E-state index contributed by atoms with van der Waals surface area (Å²) >= 11 is 0. The number of carbonyl (C=O) groups is 1. The highest BCUT2D eigenvalue weighted by atomic mass is 32.2. The minimum absolute atomic E-state index is 0.0441. The smallest absolute Gasteiger partial charge is 0.255 e. The lowest BCUT2D eigenvalue weighted by Crippen LogP contribution is -2.37. The summed E-state index contributed by atoms with van der Waals surface area (Å²) in [5.74, 6) is -0.834. The van der Waals surface area contributed by atoms with E-state index in [0.717, 1.165) is 0 Å². The van der Waals surface area contributed by atoms with Crippen LogP contribution >= 0.6 is 0 Å². The van der Waals surface area contributed by atoms with E-state index < -0.39 is 15.9 Å². The average Bonchev–Trinajstić information content (AvgIpc) is 3.12. The lowest BCUT2D eigenvalue weighted by molar-refractivity contribution is 0.0967. The fourth-order valence-corrected chi connectivity index (χ4v) is 4.29. The normalized spacial score (nSPS) is 20.2. The Bertz CT molecular complexity index is 915. The van der Waals surface area contributed by atoms with Gasteiger partial charge in [-0.25, -0.2) is 12.8 Å². The summed E-state index contributed by atoms with van der Waals surface area (Å²) in [5, 5.41) is 2.67. The van der Waals surface area contributed by atoms with Crippen LogP contribution in [0.2, 0.25) is 0 Å². The van der Waals surface area contributed by atoms with Gasteiger partial charge in [0, 0.05) is 24.9 Å². The zero-order valence-electron chi connectivity index (χ0n) is 14.9. The van der Waals surface area contributed by atoms with Crippen LogP contribution < -0.4 is 5.32 Å². The molecule has 1 aliphatic carbocycles. The van der Waals surface area contributed by atoms with E-state index in [1.807, 2.05) is 0 Å². The predicted molar refractivity (Wildman–Crippen MR) is 99.1 cm³/mol.